The van der Waals surface area contributed by atoms with Crippen molar-refractivity contribution < 1.29 is 4.79 Å². The van der Waals surface area contributed by atoms with Crippen molar-refractivity contribution in [1.29, 1.82) is 5.26 Å². The van der Waals surface area contributed by atoms with E-state index in [1.54, 1.807) is 22.5 Å². The van der Waals surface area contributed by atoms with Gasteiger partial charge in [-0.2, -0.15) is 5.26 Å². The van der Waals surface area contributed by atoms with Crippen LogP contribution in [0.3, 0.4) is 0 Å². The van der Waals surface area contributed by atoms with Crippen LogP contribution >= 0.6 is 24.0 Å². The number of benzene rings is 1. The maximum absolute atomic E-state index is 13.2. The van der Waals surface area contributed by atoms with E-state index in [9.17, 15) is 14.9 Å². The Morgan fingerprint density at radius 1 is 1.14 bits per heavy atom. The molecule has 184 valence electrons. The van der Waals surface area contributed by atoms with Crippen molar-refractivity contribution in [3.05, 3.63) is 67.8 Å². The zero-order valence-corrected chi connectivity index (χ0v) is 22.2. The van der Waals surface area contributed by atoms with E-state index in [4.69, 9.17) is 12.2 Å². The first kappa shape index (κ1) is 26.7. The molecule has 0 saturated carbocycles. The number of nitrogens with one attached hydrogen (secondary N) is 1. The van der Waals surface area contributed by atoms with Crippen LogP contribution in [0.25, 0.3) is 6.08 Å². The molecule has 2 aromatic rings. The third-order valence-corrected chi connectivity index (χ3v) is 7.50. The summed E-state index contributed by atoms with van der Waals surface area (Å²) in [5.41, 5.74) is 2.21. The lowest BCUT2D eigenvalue weighted by Crippen LogP contribution is -2.29. The second-order valence-corrected chi connectivity index (χ2v) is 10.2. The Hall–Kier alpha value is -2.89. The topological polar surface area (TPSA) is 78.1 Å². The van der Waals surface area contributed by atoms with Crippen LogP contribution in [0.4, 0.5) is 5.82 Å². The Morgan fingerprint density at radius 3 is 2.54 bits per heavy atom. The number of aromatic nitrogens is 1. The number of carbonyl (C=O) groups excluding carboxylic acids is 1. The molecular weight excluding hydrogens is 476 g/mol. The van der Waals surface area contributed by atoms with E-state index in [0.717, 1.165) is 32.1 Å². The summed E-state index contributed by atoms with van der Waals surface area (Å²) in [5, 5.41) is 13.1. The number of carbonyl (C=O) groups is 1. The number of nitrogens with zero attached hydrogens (tertiary/aromatic N) is 3. The van der Waals surface area contributed by atoms with Crippen LogP contribution in [0.2, 0.25) is 0 Å². The minimum Gasteiger partial charge on any atom is -0.371 e. The van der Waals surface area contributed by atoms with E-state index in [2.05, 4.69) is 30.4 Å². The van der Waals surface area contributed by atoms with Crippen LogP contribution in [0.15, 0.2) is 40.0 Å². The molecule has 1 aromatic heterocycles. The van der Waals surface area contributed by atoms with Gasteiger partial charge in [-0.25, -0.2) is 0 Å². The summed E-state index contributed by atoms with van der Waals surface area (Å²) in [6.07, 6.45) is 6.81. The molecule has 0 unspecified atom stereocenters. The molecular formula is C27H32N4O2S2. The van der Waals surface area contributed by atoms with Crippen molar-refractivity contribution in [3.8, 4) is 6.07 Å². The van der Waals surface area contributed by atoms with Gasteiger partial charge in [0.15, 0.2) is 0 Å². The number of rotatable bonds is 11. The molecule has 3 rings (SSSR count). The maximum Gasteiger partial charge on any atom is 0.270 e. The number of anilines is 1. The summed E-state index contributed by atoms with van der Waals surface area (Å²) in [6.45, 7) is 7.41. The average Bonchev–Trinajstić information content (AvgIpc) is 3.12. The predicted octanol–water partition coefficient (Wildman–Crippen LogP) is 5.48. The lowest BCUT2D eigenvalue weighted by molar-refractivity contribution is -0.122. The molecule has 0 radical (unpaired) electrons. The van der Waals surface area contributed by atoms with Gasteiger partial charge >= 0.3 is 0 Å². The number of hydrogen-bond donors (Lipinski definition) is 1. The lowest BCUT2D eigenvalue weighted by Gasteiger charge is -2.19. The number of thiocarbonyl (C=S) groups is 1. The SMILES string of the molecule is CCCCCCN1C(=O)/C(=C\c2c(C)c(C#N)c(=O)n(CC)c2NCCc2ccccc2)SC1=S. The van der Waals surface area contributed by atoms with E-state index < -0.39 is 0 Å². The van der Waals surface area contributed by atoms with Crippen LogP contribution in [-0.2, 0) is 17.8 Å². The van der Waals surface area contributed by atoms with E-state index in [1.807, 2.05) is 25.1 Å². The first-order valence-electron chi connectivity index (χ1n) is 12.1. The summed E-state index contributed by atoms with van der Waals surface area (Å²) in [4.78, 5) is 28.4. The summed E-state index contributed by atoms with van der Waals surface area (Å²) >= 11 is 6.78. The molecule has 6 nitrogen and oxygen atoms in total. The zero-order chi connectivity index (χ0) is 25.4. The molecule has 1 aliphatic rings. The smallest absolute Gasteiger partial charge is 0.270 e. The first-order chi connectivity index (χ1) is 16.9. The van der Waals surface area contributed by atoms with Gasteiger partial charge < -0.3 is 5.32 Å². The minimum atomic E-state index is -0.324. The fourth-order valence-electron chi connectivity index (χ4n) is 4.15. The Labute approximate surface area is 217 Å². The van der Waals surface area contributed by atoms with E-state index >= 15 is 0 Å². The van der Waals surface area contributed by atoms with Crippen LogP contribution in [0.5, 0.6) is 0 Å². The second kappa shape index (κ2) is 12.7. The maximum atomic E-state index is 13.2. The summed E-state index contributed by atoms with van der Waals surface area (Å²) in [6, 6.07) is 12.2. The molecule has 1 fully saturated rings. The van der Waals surface area contributed by atoms with E-state index in [-0.39, 0.29) is 17.0 Å². The van der Waals surface area contributed by atoms with E-state index in [1.165, 1.54) is 17.3 Å². The minimum absolute atomic E-state index is 0.0988. The largest absolute Gasteiger partial charge is 0.371 e. The van der Waals surface area contributed by atoms with Crippen molar-refractivity contribution in [2.75, 3.05) is 18.4 Å². The quantitative estimate of drug-likeness (QED) is 0.246. The van der Waals surface area contributed by atoms with Crippen molar-refractivity contribution >= 4 is 46.1 Å². The number of nitriles is 1. The van der Waals surface area contributed by atoms with Crippen LogP contribution in [-0.4, -0.2) is 32.8 Å². The molecule has 0 spiro atoms. The zero-order valence-electron chi connectivity index (χ0n) is 20.6. The van der Waals surface area contributed by atoms with Crippen LogP contribution in [0.1, 0.15) is 61.8 Å². The highest BCUT2D eigenvalue weighted by atomic mass is 32.2. The van der Waals surface area contributed by atoms with Crippen LogP contribution in [0, 0.1) is 18.3 Å². The van der Waals surface area contributed by atoms with Gasteiger partial charge in [0.1, 0.15) is 21.8 Å². The number of pyridine rings is 1. The Kier molecular flexibility index (Phi) is 9.70. The number of unbranched alkanes of at least 4 members (excludes halogenated alkanes) is 3. The molecule has 1 N–H and O–H groups in total. The van der Waals surface area contributed by atoms with Gasteiger partial charge in [-0.05, 0) is 43.9 Å². The monoisotopic (exact) mass is 508 g/mol. The molecule has 0 bridgehead atoms. The molecule has 0 aliphatic carbocycles. The average molecular weight is 509 g/mol. The molecule has 1 aliphatic heterocycles. The highest BCUT2D eigenvalue weighted by Crippen LogP contribution is 2.35. The Bertz CT molecular complexity index is 1210. The first-order valence-corrected chi connectivity index (χ1v) is 13.4. The number of hydrogen-bond acceptors (Lipinski definition) is 6. The van der Waals surface area contributed by atoms with Crippen molar-refractivity contribution in [2.45, 2.75) is 59.4 Å². The molecule has 1 amide bonds. The molecule has 8 heteroatoms. The highest BCUT2D eigenvalue weighted by Gasteiger charge is 2.32. The van der Waals surface area contributed by atoms with Gasteiger partial charge in [0.25, 0.3) is 11.5 Å². The van der Waals surface area contributed by atoms with Gasteiger partial charge in [0, 0.05) is 25.2 Å². The standard InChI is InChI=1S/C27H32N4O2S2/c1-4-6-7-11-16-31-26(33)23(35-27(31)34)17-21-19(3)22(18-28)25(32)30(5-2)24(21)29-15-14-20-12-9-8-10-13-20/h8-10,12-13,17,29H,4-7,11,14-16H2,1-3H3/b23-17+. The Morgan fingerprint density at radius 2 is 1.89 bits per heavy atom. The molecule has 1 aromatic carbocycles. The number of thioether (sulfide) groups is 1. The summed E-state index contributed by atoms with van der Waals surface area (Å²) in [5.74, 6) is 0.511. The fraction of sp³-hybridized carbons (Fsp3) is 0.407. The van der Waals surface area contributed by atoms with Crippen molar-refractivity contribution in [1.82, 2.24) is 9.47 Å². The summed E-state index contributed by atoms with van der Waals surface area (Å²) in [7, 11) is 0. The van der Waals surface area contributed by atoms with Gasteiger partial charge in [-0.3, -0.25) is 19.1 Å². The van der Waals surface area contributed by atoms with Crippen molar-refractivity contribution in [2.24, 2.45) is 0 Å². The molecule has 1 saturated heterocycles. The van der Waals surface area contributed by atoms with Crippen molar-refractivity contribution in [3.63, 3.8) is 0 Å². The van der Waals surface area contributed by atoms with E-state index in [0.29, 0.717) is 45.8 Å². The van der Waals surface area contributed by atoms with Crippen LogP contribution < -0.4 is 10.9 Å². The lowest BCUT2D eigenvalue weighted by atomic mass is 10.0. The second-order valence-electron chi connectivity index (χ2n) is 8.48. The molecule has 0 atom stereocenters. The summed E-state index contributed by atoms with van der Waals surface area (Å²) < 4.78 is 2.13. The predicted molar refractivity (Wildman–Crippen MR) is 148 cm³/mol. The molecule has 35 heavy (non-hydrogen) atoms. The normalized spacial score (nSPS) is 14.6. The van der Waals surface area contributed by atoms with Gasteiger partial charge in [-0.15, -0.1) is 0 Å². The Balaban J connectivity index is 1.96. The van der Waals surface area contributed by atoms with Gasteiger partial charge in [-0.1, -0.05) is 80.5 Å². The fourth-order valence-corrected chi connectivity index (χ4v) is 5.44. The van der Waals surface area contributed by atoms with Gasteiger partial charge in [0.2, 0.25) is 0 Å². The highest BCUT2D eigenvalue weighted by molar-refractivity contribution is 8.26. The van der Waals surface area contributed by atoms with Gasteiger partial charge in [0.05, 0.1) is 4.91 Å². The third kappa shape index (κ3) is 6.22. The molecule has 2 heterocycles. The number of amides is 1. The third-order valence-electron chi connectivity index (χ3n) is 6.12.